The van der Waals surface area contributed by atoms with Crippen molar-refractivity contribution in [3.63, 3.8) is 0 Å². The number of nitriles is 1. The Morgan fingerprint density at radius 2 is 1.59 bits per heavy atom. The van der Waals surface area contributed by atoms with Gasteiger partial charge in [0.05, 0.1) is 12.0 Å². The average Bonchev–Trinajstić information content (AvgIpc) is 2.49. The van der Waals surface area contributed by atoms with E-state index in [4.69, 9.17) is 10.00 Å². The molecule has 0 N–H and O–H groups in total. The van der Waals surface area contributed by atoms with E-state index >= 15 is 0 Å². The van der Waals surface area contributed by atoms with E-state index in [1.807, 2.05) is 13.8 Å². The number of ether oxygens (including phenoxy) is 1. The first-order chi connectivity index (χ1) is 10.5. The molecule has 0 spiro atoms. The highest BCUT2D eigenvalue weighted by Gasteiger charge is 2.41. The van der Waals surface area contributed by atoms with Gasteiger partial charge in [0, 0.05) is 12.8 Å². The molecular weight excluding hydrogens is 288 g/mol. The lowest BCUT2D eigenvalue weighted by molar-refractivity contribution is -0.159. The summed E-state index contributed by atoms with van der Waals surface area (Å²) >= 11 is 0. The van der Waals surface area contributed by atoms with Crippen LogP contribution in [0, 0.1) is 29.1 Å². The fourth-order valence-corrected chi connectivity index (χ4v) is 3.13. The molecule has 0 aromatic carbocycles. The number of halogens is 2. The quantitative estimate of drug-likeness (QED) is 0.711. The summed E-state index contributed by atoms with van der Waals surface area (Å²) < 4.78 is 32.5. The number of carbonyl (C=O) groups excluding carboxylic acids is 1. The number of hydrogen-bond acceptors (Lipinski definition) is 3. The molecule has 0 heterocycles. The van der Waals surface area contributed by atoms with E-state index in [-0.39, 0.29) is 24.7 Å². The van der Waals surface area contributed by atoms with Crippen LogP contribution in [0.25, 0.3) is 0 Å². The van der Waals surface area contributed by atoms with Crippen LogP contribution in [0.1, 0.15) is 59.3 Å². The van der Waals surface area contributed by atoms with Crippen LogP contribution < -0.4 is 0 Å². The van der Waals surface area contributed by atoms with Gasteiger partial charge in [0.2, 0.25) is 0 Å². The van der Waals surface area contributed by atoms with Crippen molar-refractivity contribution in [1.29, 1.82) is 5.26 Å². The van der Waals surface area contributed by atoms with Gasteiger partial charge in [-0.15, -0.1) is 0 Å². The maximum Gasteiger partial charge on any atom is 0.309 e. The zero-order valence-electron chi connectivity index (χ0n) is 13.7. The van der Waals surface area contributed by atoms with Gasteiger partial charge < -0.3 is 4.74 Å². The summed E-state index contributed by atoms with van der Waals surface area (Å²) in [7, 11) is 0. The predicted molar refractivity (Wildman–Crippen MR) is 80.5 cm³/mol. The second kappa shape index (κ2) is 9.07. The molecule has 0 bridgehead atoms. The molecule has 0 radical (unpaired) electrons. The number of hydrogen-bond donors (Lipinski definition) is 0. The molecule has 3 nitrogen and oxygen atoms in total. The van der Waals surface area contributed by atoms with E-state index in [1.165, 1.54) is 0 Å². The summed E-state index contributed by atoms with van der Waals surface area (Å²) in [6.45, 7) is 6.16. The Labute approximate surface area is 132 Å². The van der Waals surface area contributed by atoms with Crippen LogP contribution in [0.3, 0.4) is 0 Å². The summed E-state index contributed by atoms with van der Waals surface area (Å²) in [5, 5.41) is 8.69. The molecule has 2 unspecified atom stereocenters. The second-order valence-corrected chi connectivity index (χ2v) is 6.17. The number of esters is 1. The molecule has 2 fully saturated rings. The Morgan fingerprint density at radius 1 is 1.09 bits per heavy atom. The summed E-state index contributed by atoms with van der Waals surface area (Å²) in [5.74, 6) is -1.04. The highest BCUT2D eigenvalue weighted by molar-refractivity contribution is 5.72. The Morgan fingerprint density at radius 3 is 2.05 bits per heavy atom. The third kappa shape index (κ3) is 4.93. The maximum atomic E-state index is 13.6. The molecule has 0 saturated heterocycles. The number of nitrogens with zero attached hydrogens (tertiary/aromatic N) is 1. The molecular formula is C17H27F2NO2. The first kappa shape index (κ1) is 18.9. The summed E-state index contributed by atoms with van der Waals surface area (Å²) in [6.07, 6.45) is -0.355. The van der Waals surface area contributed by atoms with E-state index in [2.05, 4.69) is 6.92 Å². The fourth-order valence-electron chi connectivity index (χ4n) is 3.13. The summed E-state index contributed by atoms with van der Waals surface area (Å²) in [5.41, 5.74) is 0. The minimum Gasteiger partial charge on any atom is -0.462 e. The van der Waals surface area contributed by atoms with Gasteiger partial charge in [0.15, 0.2) is 0 Å². The maximum absolute atomic E-state index is 13.6. The average molecular weight is 315 g/mol. The lowest BCUT2D eigenvalue weighted by atomic mass is 9.82. The van der Waals surface area contributed by atoms with Crippen LogP contribution in [-0.4, -0.2) is 24.4 Å². The lowest BCUT2D eigenvalue weighted by Gasteiger charge is -2.32. The Kier molecular flexibility index (Phi) is 7.78. The largest absolute Gasteiger partial charge is 0.462 e. The van der Waals surface area contributed by atoms with Gasteiger partial charge in [0.1, 0.15) is 24.4 Å². The third-order valence-electron chi connectivity index (χ3n) is 4.54. The van der Waals surface area contributed by atoms with Crippen LogP contribution in [0.2, 0.25) is 0 Å². The van der Waals surface area contributed by atoms with Crippen molar-refractivity contribution in [2.75, 3.05) is 0 Å². The van der Waals surface area contributed by atoms with Gasteiger partial charge in [-0.2, -0.15) is 5.26 Å². The van der Waals surface area contributed by atoms with Crippen LogP contribution in [0.4, 0.5) is 8.78 Å². The molecule has 2 aliphatic carbocycles. The van der Waals surface area contributed by atoms with Crippen molar-refractivity contribution < 1.29 is 18.3 Å². The number of rotatable bonds is 2. The smallest absolute Gasteiger partial charge is 0.309 e. The first-order valence-electron chi connectivity index (χ1n) is 8.39. The van der Waals surface area contributed by atoms with Gasteiger partial charge in [0.25, 0.3) is 0 Å². The molecule has 2 saturated carbocycles. The molecule has 2 atom stereocenters. The highest BCUT2D eigenvalue weighted by atomic mass is 19.1. The summed E-state index contributed by atoms with van der Waals surface area (Å²) in [6, 6.07) is 1.66. The van der Waals surface area contributed by atoms with Gasteiger partial charge in [-0.25, -0.2) is 8.78 Å². The van der Waals surface area contributed by atoms with Crippen molar-refractivity contribution in [1.82, 2.24) is 0 Å². The normalized spacial score (nSPS) is 38.2. The van der Waals surface area contributed by atoms with E-state index in [0.29, 0.717) is 5.92 Å². The fraction of sp³-hybridized carbons (Fsp3) is 0.882. The van der Waals surface area contributed by atoms with Crippen molar-refractivity contribution >= 4 is 5.97 Å². The predicted octanol–water partition coefficient (Wildman–Crippen LogP) is 4.36. The molecule has 0 amide bonds. The molecule has 0 aliphatic heterocycles. The van der Waals surface area contributed by atoms with Crippen molar-refractivity contribution in [2.24, 2.45) is 17.8 Å². The molecule has 22 heavy (non-hydrogen) atoms. The molecule has 2 aliphatic rings. The monoisotopic (exact) mass is 315 g/mol. The number of alkyl halides is 2. The van der Waals surface area contributed by atoms with Crippen molar-refractivity contribution in [3.05, 3.63) is 0 Å². The van der Waals surface area contributed by atoms with E-state index in [1.54, 1.807) is 6.07 Å². The zero-order valence-corrected chi connectivity index (χ0v) is 13.7. The zero-order chi connectivity index (χ0) is 16.7. The Hall–Kier alpha value is -1.18. The second-order valence-electron chi connectivity index (χ2n) is 6.17. The topological polar surface area (TPSA) is 50.1 Å². The van der Waals surface area contributed by atoms with E-state index < -0.39 is 24.4 Å². The van der Waals surface area contributed by atoms with Gasteiger partial charge in [-0.3, -0.25) is 4.79 Å². The van der Waals surface area contributed by atoms with E-state index in [9.17, 15) is 13.6 Å². The van der Waals surface area contributed by atoms with Gasteiger partial charge >= 0.3 is 5.97 Å². The minimum absolute atomic E-state index is 0.0620. The Bertz CT molecular complexity index is 377. The van der Waals surface area contributed by atoms with Crippen LogP contribution in [-0.2, 0) is 9.53 Å². The minimum atomic E-state index is -1.55. The summed E-state index contributed by atoms with van der Waals surface area (Å²) in [4.78, 5) is 12.0. The lowest BCUT2D eigenvalue weighted by Crippen LogP contribution is -2.40. The van der Waals surface area contributed by atoms with Gasteiger partial charge in [-0.05, 0) is 31.6 Å². The van der Waals surface area contributed by atoms with Crippen molar-refractivity contribution in [2.45, 2.75) is 77.7 Å². The van der Waals surface area contributed by atoms with Crippen LogP contribution in [0.5, 0.6) is 0 Å². The molecule has 2 rings (SSSR count). The molecule has 0 aromatic heterocycles. The van der Waals surface area contributed by atoms with Crippen LogP contribution in [0.15, 0.2) is 0 Å². The molecule has 126 valence electrons. The molecule has 0 aromatic rings. The van der Waals surface area contributed by atoms with Crippen molar-refractivity contribution in [3.8, 4) is 6.07 Å². The Balaban J connectivity index is 0.00000116. The SMILES string of the molecule is CC.CC1CCC(C(=O)OC2CC(F)C(C#N)C(F)C2)CC1. The first-order valence-corrected chi connectivity index (χ1v) is 8.39. The van der Waals surface area contributed by atoms with Gasteiger partial charge in [-0.1, -0.05) is 20.8 Å². The highest BCUT2D eigenvalue weighted by Crippen LogP contribution is 2.33. The van der Waals surface area contributed by atoms with Crippen LogP contribution >= 0.6 is 0 Å². The standard InChI is InChI=1S/C15H21F2NO2.C2H6/c1-9-2-4-10(5-3-9)15(19)20-11-6-13(16)12(8-18)14(17)7-11;1-2/h9-14H,2-7H2,1H3;1-2H3. The molecule has 5 heteroatoms. The third-order valence-corrected chi connectivity index (χ3v) is 4.54. The van der Waals surface area contributed by atoms with E-state index in [0.717, 1.165) is 25.7 Å². The number of carbonyl (C=O) groups is 1.